The molecule has 1 atom stereocenters. The topological polar surface area (TPSA) is 140 Å². The summed E-state index contributed by atoms with van der Waals surface area (Å²) >= 11 is 1.27. The lowest BCUT2D eigenvalue weighted by molar-refractivity contribution is -0.188. The van der Waals surface area contributed by atoms with Crippen LogP contribution in [0.1, 0.15) is 10.5 Å². The number of anilines is 1. The van der Waals surface area contributed by atoms with Gasteiger partial charge < -0.3 is 10.2 Å². The van der Waals surface area contributed by atoms with Crippen LogP contribution in [0, 0.1) is 0 Å². The highest BCUT2D eigenvalue weighted by molar-refractivity contribution is 7.30. The fourth-order valence-electron chi connectivity index (χ4n) is 2.62. The van der Waals surface area contributed by atoms with Crippen LogP contribution in [0.5, 0.6) is 0 Å². The van der Waals surface area contributed by atoms with Gasteiger partial charge in [-0.15, -0.1) is 15.9 Å². The number of amides is 1. The number of thiazole rings is 1. The number of hydrogen-bond donors (Lipinski definition) is 1. The molecule has 0 saturated carbocycles. The van der Waals surface area contributed by atoms with Crippen LogP contribution in [0.3, 0.4) is 0 Å². The van der Waals surface area contributed by atoms with Gasteiger partial charge >= 0.3 is 8.25 Å². The maximum atomic E-state index is 12.7. The standard InChI is InChI=1S/C17H14N7O4PS/c1-23-8-13(15(22-23)12-4-2-3-5-18-12)20-16(25)14-9-30-17(21-14)11-6-19-24(7-11)10-28-29(26)27/h2-9H,10H2,1H3,(H,20,25). The van der Waals surface area contributed by atoms with Crippen molar-refractivity contribution in [3.63, 3.8) is 0 Å². The zero-order valence-electron chi connectivity index (χ0n) is 15.5. The van der Waals surface area contributed by atoms with Crippen molar-refractivity contribution in [1.82, 2.24) is 29.5 Å². The molecule has 0 bridgehead atoms. The summed E-state index contributed by atoms with van der Waals surface area (Å²) in [5.74, 6) is -0.387. The van der Waals surface area contributed by atoms with E-state index >= 15 is 0 Å². The SMILES string of the molecule is Cn1cc(NC(=O)c2csc(-c3cnn(CO[P+](=O)[O-])c3)n2)c(-c2ccccn2)n1. The molecule has 0 spiro atoms. The van der Waals surface area contributed by atoms with Crippen LogP contribution in [0.4, 0.5) is 5.69 Å². The molecular formula is C17H14N7O4PS. The third-order valence-electron chi connectivity index (χ3n) is 3.90. The molecule has 13 heteroatoms. The smallest absolute Gasteiger partial charge is 0.490 e. The van der Waals surface area contributed by atoms with E-state index in [2.05, 4.69) is 30.0 Å². The van der Waals surface area contributed by atoms with Gasteiger partial charge in [0.05, 0.1) is 17.6 Å². The molecule has 0 radical (unpaired) electrons. The van der Waals surface area contributed by atoms with Crippen molar-refractivity contribution in [2.24, 2.45) is 7.05 Å². The molecule has 1 amide bonds. The van der Waals surface area contributed by atoms with Gasteiger partial charge in [0, 0.05) is 36.6 Å². The van der Waals surface area contributed by atoms with Gasteiger partial charge in [0.2, 0.25) is 0 Å². The molecule has 4 heterocycles. The molecule has 11 nitrogen and oxygen atoms in total. The van der Waals surface area contributed by atoms with Crippen molar-refractivity contribution in [1.29, 1.82) is 0 Å². The summed E-state index contributed by atoms with van der Waals surface area (Å²) < 4.78 is 17.9. The molecule has 0 fully saturated rings. The van der Waals surface area contributed by atoms with E-state index < -0.39 is 8.25 Å². The Labute approximate surface area is 174 Å². The molecule has 1 unspecified atom stereocenters. The maximum absolute atomic E-state index is 12.7. The van der Waals surface area contributed by atoms with Crippen LogP contribution in [0.25, 0.3) is 22.0 Å². The summed E-state index contributed by atoms with van der Waals surface area (Å²) in [5, 5.41) is 13.4. The van der Waals surface area contributed by atoms with Crippen molar-refractivity contribution in [2.75, 3.05) is 5.32 Å². The first kappa shape index (κ1) is 20.0. The lowest BCUT2D eigenvalue weighted by Gasteiger charge is -2.03. The number of carbonyl (C=O) groups excluding carboxylic acids is 1. The van der Waals surface area contributed by atoms with Crippen LogP contribution >= 0.6 is 19.6 Å². The number of rotatable bonds is 7. The minimum atomic E-state index is -2.95. The highest BCUT2D eigenvalue weighted by Gasteiger charge is 2.18. The predicted molar refractivity (Wildman–Crippen MR) is 106 cm³/mol. The Kier molecular flexibility index (Phi) is 5.72. The Hall–Kier alpha value is -3.31. The number of carbonyl (C=O) groups is 1. The lowest BCUT2D eigenvalue weighted by Crippen LogP contribution is -2.12. The molecule has 30 heavy (non-hydrogen) atoms. The molecule has 1 N–H and O–H groups in total. The van der Waals surface area contributed by atoms with Crippen molar-refractivity contribution in [2.45, 2.75) is 6.73 Å². The van der Waals surface area contributed by atoms with Crippen LogP contribution < -0.4 is 10.2 Å². The summed E-state index contributed by atoms with van der Waals surface area (Å²) in [4.78, 5) is 31.8. The van der Waals surface area contributed by atoms with Crippen molar-refractivity contribution in [3.05, 3.63) is 54.1 Å². The zero-order valence-corrected chi connectivity index (χ0v) is 17.2. The lowest BCUT2D eigenvalue weighted by atomic mass is 10.2. The molecule has 4 aromatic heterocycles. The molecule has 0 aliphatic carbocycles. The minimum absolute atomic E-state index is 0.227. The number of pyridine rings is 1. The third kappa shape index (κ3) is 4.47. The molecule has 0 aromatic carbocycles. The van der Waals surface area contributed by atoms with Crippen molar-refractivity contribution in [3.8, 4) is 22.0 Å². The first-order chi connectivity index (χ1) is 14.5. The summed E-state index contributed by atoms with van der Waals surface area (Å²) in [7, 11) is -1.20. The second-order valence-corrected chi connectivity index (χ2v) is 7.59. The van der Waals surface area contributed by atoms with E-state index in [1.54, 1.807) is 41.8 Å². The number of nitrogens with one attached hydrogen (secondary N) is 1. The normalized spacial score (nSPS) is 11.5. The molecule has 152 valence electrons. The second-order valence-electron chi connectivity index (χ2n) is 6.02. The highest BCUT2D eigenvalue weighted by Crippen LogP contribution is 2.27. The van der Waals surface area contributed by atoms with Gasteiger partial charge in [-0.2, -0.15) is 10.2 Å². The zero-order chi connectivity index (χ0) is 21.1. The molecule has 0 saturated heterocycles. The Morgan fingerprint density at radius 3 is 3.00 bits per heavy atom. The van der Waals surface area contributed by atoms with Gasteiger partial charge in [-0.3, -0.25) is 14.5 Å². The minimum Gasteiger partial charge on any atom is -0.566 e. The second kappa shape index (κ2) is 8.59. The number of aryl methyl sites for hydroxylation is 1. The Morgan fingerprint density at radius 1 is 1.37 bits per heavy atom. The summed E-state index contributed by atoms with van der Waals surface area (Å²) in [6, 6.07) is 5.45. The number of hydrogen-bond acceptors (Lipinski definition) is 9. The average molecular weight is 443 g/mol. The van der Waals surface area contributed by atoms with E-state index in [-0.39, 0.29) is 18.3 Å². The summed E-state index contributed by atoms with van der Waals surface area (Å²) in [6.07, 6.45) is 6.45. The van der Waals surface area contributed by atoms with E-state index in [9.17, 15) is 14.3 Å². The molecule has 4 rings (SSSR count). The Balaban J connectivity index is 1.50. The fourth-order valence-corrected chi connectivity index (χ4v) is 3.61. The van der Waals surface area contributed by atoms with E-state index in [4.69, 9.17) is 0 Å². The van der Waals surface area contributed by atoms with E-state index in [1.807, 2.05) is 12.1 Å². The van der Waals surface area contributed by atoms with Crippen LogP contribution in [0.15, 0.2) is 48.4 Å². The Bertz CT molecular complexity index is 1200. The fraction of sp³-hybridized carbons (Fsp3) is 0.118. The quantitative estimate of drug-likeness (QED) is 0.428. The van der Waals surface area contributed by atoms with Gasteiger partial charge in [-0.1, -0.05) is 6.07 Å². The highest BCUT2D eigenvalue weighted by atomic mass is 32.1. The van der Waals surface area contributed by atoms with E-state index in [0.29, 0.717) is 27.6 Å². The van der Waals surface area contributed by atoms with E-state index in [0.717, 1.165) is 0 Å². The number of aromatic nitrogens is 6. The molecule has 0 aliphatic rings. The molecule has 4 aromatic rings. The average Bonchev–Trinajstić information content (AvgIpc) is 3.46. The monoisotopic (exact) mass is 443 g/mol. The summed E-state index contributed by atoms with van der Waals surface area (Å²) in [5.41, 5.74) is 2.59. The third-order valence-corrected chi connectivity index (χ3v) is 5.11. The number of nitrogens with zero attached hydrogens (tertiary/aromatic N) is 6. The van der Waals surface area contributed by atoms with Crippen LogP contribution in [-0.2, 0) is 22.9 Å². The van der Waals surface area contributed by atoms with Gasteiger partial charge in [-0.05, 0) is 16.7 Å². The largest absolute Gasteiger partial charge is 0.566 e. The Morgan fingerprint density at radius 2 is 2.23 bits per heavy atom. The summed E-state index contributed by atoms with van der Waals surface area (Å²) in [6.45, 7) is -0.227. The first-order valence-electron chi connectivity index (χ1n) is 8.51. The van der Waals surface area contributed by atoms with Gasteiger partial charge in [0.15, 0.2) is 6.73 Å². The van der Waals surface area contributed by atoms with E-state index in [1.165, 1.54) is 22.2 Å². The molecular weight excluding hydrogens is 429 g/mol. The predicted octanol–water partition coefficient (Wildman–Crippen LogP) is 2.05. The van der Waals surface area contributed by atoms with Gasteiger partial charge in [0.25, 0.3) is 5.91 Å². The first-order valence-corrected chi connectivity index (χ1v) is 10.5. The van der Waals surface area contributed by atoms with Crippen LogP contribution in [0.2, 0.25) is 0 Å². The van der Waals surface area contributed by atoms with Gasteiger partial charge in [0.1, 0.15) is 16.4 Å². The van der Waals surface area contributed by atoms with Crippen molar-refractivity contribution < 1.29 is 18.8 Å². The van der Waals surface area contributed by atoms with Gasteiger partial charge in [-0.25, -0.2) is 9.67 Å². The maximum Gasteiger partial charge on any atom is 0.490 e. The molecule has 0 aliphatic heterocycles. The van der Waals surface area contributed by atoms with Crippen LogP contribution in [-0.4, -0.2) is 35.4 Å². The van der Waals surface area contributed by atoms with Crippen molar-refractivity contribution >= 4 is 31.2 Å².